The van der Waals surface area contributed by atoms with E-state index in [1.807, 2.05) is 20.8 Å². The van der Waals surface area contributed by atoms with Crippen molar-refractivity contribution >= 4 is 17.5 Å². The van der Waals surface area contributed by atoms with Gasteiger partial charge < -0.3 is 15.4 Å². The minimum Gasteiger partial charge on any atom is -0.444 e. The number of rotatable bonds is 4. The molecule has 24 heavy (non-hydrogen) atoms. The zero-order chi connectivity index (χ0) is 17.7. The van der Waals surface area contributed by atoms with Crippen LogP contribution in [0.5, 0.6) is 0 Å². The van der Waals surface area contributed by atoms with Crippen LogP contribution in [0.4, 0.5) is 16.2 Å². The van der Waals surface area contributed by atoms with Crippen molar-refractivity contribution in [2.75, 3.05) is 5.32 Å². The van der Waals surface area contributed by atoms with Crippen LogP contribution in [-0.2, 0) is 4.74 Å². The van der Waals surface area contributed by atoms with Gasteiger partial charge in [-0.05, 0) is 52.5 Å². The molecule has 0 spiro atoms. The molecule has 1 heterocycles. The van der Waals surface area contributed by atoms with Crippen LogP contribution in [0.3, 0.4) is 0 Å². The highest BCUT2D eigenvalue weighted by Gasteiger charge is 2.26. The van der Waals surface area contributed by atoms with Crippen LogP contribution < -0.4 is 10.6 Å². The number of ether oxygens (including phenoxy) is 1. The zero-order valence-corrected chi connectivity index (χ0v) is 14.2. The Bertz CT molecular complexity index is 592. The van der Waals surface area contributed by atoms with Crippen molar-refractivity contribution in [1.82, 2.24) is 10.3 Å². The van der Waals surface area contributed by atoms with Crippen molar-refractivity contribution in [2.24, 2.45) is 0 Å². The molecule has 0 aromatic carbocycles. The molecule has 1 amide bonds. The van der Waals surface area contributed by atoms with Crippen molar-refractivity contribution in [1.29, 1.82) is 0 Å². The van der Waals surface area contributed by atoms with E-state index in [9.17, 15) is 14.9 Å². The van der Waals surface area contributed by atoms with Gasteiger partial charge in [0.05, 0.1) is 4.92 Å². The van der Waals surface area contributed by atoms with Crippen LogP contribution in [0.1, 0.15) is 46.5 Å². The number of hydrogen-bond acceptors (Lipinski definition) is 6. The number of pyridine rings is 1. The Balaban J connectivity index is 1.83. The lowest BCUT2D eigenvalue weighted by molar-refractivity contribution is -0.384. The molecule has 1 fully saturated rings. The number of aromatic nitrogens is 1. The predicted octanol–water partition coefficient (Wildman–Crippen LogP) is 3.24. The molecule has 1 aliphatic rings. The van der Waals surface area contributed by atoms with E-state index >= 15 is 0 Å². The third-order valence-corrected chi connectivity index (χ3v) is 3.80. The quantitative estimate of drug-likeness (QED) is 0.646. The molecular weight excluding hydrogens is 312 g/mol. The Morgan fingerprint density at radius 3 is 2.50 bits per heavy atom. The molecular formula is C16H24N4O4. The predicted molar refractivity (Wildman–Crippen MR) is 89.9 cm³/mol. The summed E-state index contributed by atoms with van der Waals surface area (Å²) in [5.74, 6) is 0. The van der Waals surface area contributed by atoms with Crippen LogP contribution in [-0.4, -0.2) is 33.7 Å². The fourth-order valence-corrected chi connectivity index (χ4v) is 2.73. The lowest BCUT2D eigenvalue weighted by Gasteiger charge is -2.30. The molecule has 0 atom stereocenters. The monoisotopic (exact) mass is 336 g/mol. The maximum atomic E-state index is 11.8. The Labute approximate surface area is 141 Å². The number of anilines is 1. The van der Waals surface area contributed by atoms with Crippen molar-refractivity contribution in [3.8, 4) is 0 Å². The minimum atomic E-state index is -0.511. The summed E-state index contributed by atoms with van der Waals surface area (Å²) in [7, 11) is 0. The SMILES string of the molecule is CC(C)(C)OC(=O)NC1CCC(Nc2ccncc2[N+](=O)[O-])CC1. The first-order valence-electron chi connectivity index (χ1n) is 8.09. The maximum Gasteiger partial charge on any atom is 0.407 e. The van der Waals surface area contributed by atoms with Gasteiger partial charge >= 0.3 is 11.8 Å². The van der Waals surface area contributed by atoms with Gasteiger partial charge in [-0.25, -0.2) is 4.79 Å². The van der Waals surface area contributed by atoms with E-state index < -0.39 is 16.6 Å². The van der Waals surface area contributed by atoms with E-state index in [4.69, 9.17) is 4.74 Å². The molecule has 1 aromatic rings. The molecule has 0 unspecified atom stereocenters. The third-order valence-electron chi connectivity index (χ3n) is 3.80. The van der Waals surface area contributed by atoms with Gasteiger partial charge in [0.15, 0.2) is 0 Å². The summed E-state index contributed by atoms with van der Waals surface area (Å²) in [6.07, 6.45) is 5.62. The highest BCUT2D eigenvalue weighted by atomic mass is 16.6. The average molecular weight is 336 g/mol. The number of nitrogens with zero attached hydrogens (tertiary/aromatic N) is 2. The first kappa shape index (κ1) is 18.0. The van der Waals surface area contributed by atoms with Crippen molar-refractivity contribution in [3.63, 3.8) is 0 Å². The van der Waals surface area contributed by atoms with Crippen LogP contribution >= 0.6 is 0 Å². The van der Waals surface area contributed by atoms with Gasteiger partial charge in [0.2, 0.25) is 0 Å². The summed E-state index contributed by atoms with van der Waals surface area (Å²) >= 11 is 0. The number of hydrogen-bond donors (Lipinski definition) is 2. The highest BCUT2D eigenvalue weighted by molar-refractivity contribution is 5.68. The first-order valence-corrected chi connectivity index (χ1v) is 8.09. The van der Waals surface area contributed by atoms with Gasteiger partial charge in [0.1, 0.15) is 17.5 Å². The third kappa shape index (κ3) is 5.36. The summed E-state index contributed by atoms with van der Waals surface area (Å²) in [6.45, 7) is 5.49. The van der Waals surface area contributed by atoms with E-state index in [1.54, 1.807) is 6.07 Å². The molecule has 1 aromatic heterocycles. The van der Waals surface area contributed by atoms with Gasteiger partial charge in [0, 0.05) is 18.3 Å². The summed E-state index contributed by atoms with van der Waals surface area (Å²) in [4.78, 5) is 26.2. The zero-order valence-electron chi connectivity index (χ0n) is 14.2. The summed E-state index contributed by atoms with van der Waals surface area (Å²) in [5.41, 5.74) is -0.0478. The maximum absolute atomic E-state index is 11.8. The molecule has 0 radical (unpaired) electrons. The van der Waals surface area contributed by atoms with E-state index in [1.165, 1.54) is 12.4 Å². The van der Waals surface area contributed by atoms with E-state index in [2.05, 4.69) is 15.6 Å². The van der Waals surface area contributed by atoms with E-state index in [-0.39, 0.29) is 17.8 Å². The standard InChI is InChI=1S/C16H24N4O4/c1-16(2,3)24-15(21)19-12-6-4-11(5-7-12)18-13-8-9-17-10-14(13)20(22)23/h8-12H,4-7H2,1-3H3,(H,17,18)(H,19,21). The molecule has 2 N–H and O–H groups in total. The largest absolute Gasteiger partial charge is 0.444 e. The second-order valence-electron chi connectivity index (χ2n) is 6.99. The van der Waals surface area contributed by atoms with Crippen molar-refractivity contribution in [3.05, 3.63) is 28.6 Å². The number of carbonyl (C=O) groups excluding carboxylic acids is 1. The van der Waals surface area contributed by atoms with Crippen LogP contribution in [0.15, 0.2) is 18.5 Å². The fraction of sp³-hybridized carbons (Fsp3) is 0.625. The van der Waals surface area contributed by atoms with Gasteiger partial charge in [-0.1, -0.05) is 0 Å². The van der Waals surface area contributed by atoms with Gasteiger partial charge in [-0.2, -0.15) is 0 Å². The van der Waals surface area contributed by atoms with Gasteiger partial charge in [-0.15, -0.1) is 0 Å². The van der Waals surface area contributed by atoms with Gasteiger partial charge in [0.25, 0.3) is 0 Å². The molecule has 8 nitrogen and oxygen atoms in total. The minimum absolute atomic E-state index is 0.0218. The molecule has 8 heteroatoms. The number of amides is 1. The topological polar surface area (TPSA) is 106 Å². The Morgan fingerprint density at radius 2 is 1.92 bits per heavy atom. The average Bonchev–Trinajstić information content (AvgIpc) is 2.47. The molecule has 0 saturated heterocycles. The van der Waals surface area contributed by atoms with Crippen molar-refractivity contribution in [2.45, 2.75) is 64.1 Å². The molecule has 1 aliphatic carbocycles. The first-order chi connectivity index (χ1) is 11.2. The molecule has 0 bridgehead atoms. The molecule has 1 saturated carbocycles. The Morgan fingerprint density at radius 1 is 1.29 bits per heavy atom. The second kappa shape index (κ2) is 7.46. The Hall–Kier alpha value is -2.38. The highest BCUT2D eigenvalue weighted by Crippen LogP contribution is 2.27. The summed E-state index contributed by atoms with van der Waals surface area (Å²) in [5, 5.41) is 17.1. The van der Waals surface area contributed by atoms with Crippen LogP contribution in [0.2, 0.25) is 0 Å². The molecule has 0 aliphatic heterocycles. The van der Waals surface area contributed by atoms with E-state index in [0.717, 1.165) is 25.7 Å². The fourth-order valence-electron chi connectivity index (χ4n) is 2.73. The number of nitrogens with one attached hydrogen (secondary N) is 2. The normalized spacial score (nSPS) is 21.0. The Kier molecular flexibility index (Phi) is 5.58. The second-order valence-corrected chi connectivity index (χ2v) is 6.99. The number of alkyl carbamates (subject to hydrolysis) is 1. The van der Waals surface area contributed by atoms with E-state index in [0.29, 0.717) is 5.69 Å². The lowest BCUT2D eigenvalue weighted by atomic mass is 9.91. The summed E-state index contributed by atoms with van der Waals surface area (Å²) < 4.78 is 5.26. The lowest BCUT2D eigenvalue weighted by Crippen LogP contribution is -2.42. The van der Waals surface area contributed by atoms with Crippen LogP contribution in [0, 0.1) is 10.1 Å². The summed E-state index contributed by atoms with van der Waals surface area (Å²) in [6, 6.07) is 1.83. The molecule has 2 rings (SSSR count). The molecule has 132 valence electrons. The van der Waals surface area contributed by atoms with Gasteiger partial charge in [-0.3, -0.25) is 15.1 Å². The smallest absolute Gasteiger partial charge is 0.407 e. The van der Waals surface area contributed by atoms with Crippen molar-refractivity contribution < 1.29 is 14.5 Å². The number of nitro groups is 1. The van der Waals surface area contributed by atoms with Crippen LogP contribution in [0.25, 0.3) is 0 Å². The number of carbonyl (C=O) groups is 1.